The molecule has 0 spiro atoms. The summed E-state index contributed by atoms with van der Waals surface area (Å²) >= 11 is 0. The highest BCUT2D eigenvalue weighted by molar-refractivity contribution is 6.10. The molecular formula is C40H48F2N6O4. The van der Waals surface area contributed by atoms with Gasteiger partial charge in [0.25, 0.3) is 0 Å². The molecule has 4 heterocycles. The van der Waals surface area contributed by atoms with Gasteiger partial charge in [-0.2, -0.15) is 0 Å². The number of imide groups is 2. The molecule has 2 aromatic rings. The van der Waals surface area contributed by atoms with Crippen molar-refractivity contribution in [3.63, 3.8) is 0 Å². The first-order chi connectivity index (χ1) is 25.3. The van der Waals surface area contributed by atoms with Gasteiger partial charge in [-0.05, 0) is 87.3 Å². The minimum Gasteiger partial charge on any atom is -0.369 e. The molecule has 4 unspecified atom stereocenters. The summed E-state index contributed by atoms with van der Waals surface area (Å²) < 4.78 is 26.6. The zero-order chi connectivity index (χ0) is 35.9. The Morgan fingerprint density at radius 3 is 1.08 bits per heavy atom. The smallest absolute Gasteiger partial charge is 0.233 e. The monoisotopic (exact) mass is 714 g/mol. The molecule has 0 aromatic heterocycles. The molecule has 1 saturated carbocycles. The maximum absolute atomic E-state index is 13.8. The molecular weight excluding hydrogens is 666 g/mol. The van der Waals surface area contributed by atoms with Gasteiger partial charge in [0.15, 0.2) is 0 Å². The van der Waals surface area contributed by atoms with Crippen LogP contribution in [-0.2, 0) is 19.2 Å². The molecule has 5 fully saturated rings. The predicted molar refractivity (Wildman–Crippen MR) is 192 cm³/mol. The number of piperazine rings is 2. The van der Waals surface area contributed by atoms with Crippen molar-refractivity contribution in [2.75, 3.05) is 88.3 Å². The predicted octanol–water partition coefficient (Wildman–Crippen LogP) is 3.49. The molecule has 0 radical (unpaired) electrons. The average molecular weight is 715 g/mol. The van der Waals surface area contributed by atoms with Crippen LogP contribution in [0.1, 0.15) is 25.7 Å². The van der Waals surface area contributed by atoms with Crippen LogP contribution in [0.5, 0.6) is 0 Å². The number of nitrogens with zero attached hydrogens (tertiary/aromatic N) is 6. The number of hydrogen-bond acceptors (Lipinski definition) is 8. The van der Waals surface area contributed by atoms with E-state index in [9.17, 15) is 28.0 Å². The Labute approximate surface area is 304 Å². The second-order valence-corrected chi connectivity index (χ2v) is 15.3. The molecule has 4 atom stereocenters. The Balaban J connectivity index is 0.786. The van der Waals surface area contributed by atoms with E-state index < -0.39 is 35.5 Å². The van der Waals surface area contributed by atoms with Gasteiger partial charge in [0.1, 0.15) is 11.6 Å². The van der Waals surface area contributed by atoms with Crippen molar-refractivity contribution in [1.29, 1.82) is 0 Å². The fourth-order valence-corrected chi connectivity index (χ4v) is 9.76. The number of allylic oxidation sites excluding steroid dienone is 2. The number of carbonyl (C=O) groups excluding carboxylic acids is 4. The number of benzene rings is 2. The quantitative estimate of drug-likeness (QED) is 0.188. The first kappa shape index (κ1) is 34.9. The zero-order valence-corrected chi connectivity index (χ0v) is 29.6. The van der Waals surface area contributed by atoms with Gasteiger partial charge >= 0.3 is 0 Å². The van der Waals surface area contributed by atoms with E-state index in [1.807, 2.05) is 36.4 Å². The minimum absolute atomic E-state index is 0.182. The molecule has 10 nitrogen and oxygen atoms in total. The second-order valence-electron chi connectivity index (χ2n) is 15.3. The molecule has 2 bridgehead atoms. The van der Waals surface area contributed by atoms with Gasteiger partial charge in [-0.15, -0.1) is 0 Å². The summed E-state index contributed by atoms with van der Waals surface area (Å²) in [4.78, 5) is 67.2. The summed E-state index contributed by atoms with van der Waals surface area (Å²) in [6.07, 6.45) is 7.01. The summed E-state index contributed by atoms with van der Waals surface area (Å²) in [6, 6.07) is 13.2. The fraction of sp³-hybridized carbons (Fsp3) is 0.550. The van der Waals surface area contributed by atoms with E-state index in [0.717, 1.165) is 89.7 Å². The summed E-state index contributed by atoms with van der Waals surface area (Å²) in [7, 11) is 0. The van der Waals surface area contributed by atoms with Crippen LogP contribution in [0, 0.1) is 47.1 Å². The van der Waals surface area contributed by atoms with Crippen molar-refractivity contribution in [2.45, 2.75) is 25.7 Å². The topological polar surface area (TPSA) is 87.7 Å². The maximum atomic E-state index is 13.8. The Hall–Kier alpha value is -4.16. The first-order valence-electron chi connectivity index (χ1n) is 19.1. The van der Waals surface area contributed by atoms with Crippen LogP contribution in [0.3, 0.4) is 0 Å². The van der Waals surface area contributed by atoms with Crippen molar-refractivity contribution >= 4 is 35.0 Å². The Bertz CT molecular complexity index is 1520. The average Bonchev–Trinajstić information content (AvgIpc) is 3.59. The highest BCUT2D eigenvalue weighted by Gasteiger charge is 2.68. The lowest BCUT2D eigenvalue weighted by Gasteiger charge is -2.44. The van der Waals surface area contributed by atoms with E-state index in [1.54, 1.807) is 0 Å². The van der Waals surface area contributed by atoms with Crippen LogP contribution in [0.4, 0.5) is 20.2 Å². The molecule has 3 aliphatic carbocycles. The Morgan fingerprint density at radius 1 is 0.442 bits per heavy atom. The standard InChI is InChI=1S/C40H48F2N6O4/c41-27-5-9-29(10-6-27)45-23-19-43(20-24-45)15-1-3-17-47-37(49)33-31-13-14-32(34(33)38(47)50)36-35(31)39(51)48(40(36)52)18-4-2-16-44-21-25-46(26-22-44)30-11-7-28(42)8-12-30/h5-14,31-36H,1-4,15-26H2. The fourth-order valence-electron chi connectivity index (χ4n) is 9.76. The van der Waals surface area contributed by atoms with Gasteiger partial charge < -0.3 is 9.80 Å². The minimum atomic E-state index is -0.562. The van der Waals surface area contributed by atoms with Gasteiger partial charge in [0.05, 0.1) is 23.7 Å². The lowest BCUT2D eigenvalue weighted by Crippen LogP contribution is -2.50. The van der Waals surface area contributed by atoms with Crippen LogP contribution >= 0.6 is 0 Å². The van der Waals surface area contributed by atoms with E-state index >= 15 is 0 Å². The maximum Gasteiger partial charge on any atom is 0.233 e. The van der Waals surface area contributed by atoms with Crippen LogP contribution in [-0.4, -0.2) is 122 Å². The number of hydrogen-bond donors (Lipinski definition) is 0. The van der Waals surface area contributed by atoms with Crippen LogP contribution in [0.2, 0.25) is 0 Å². The van der Waals surface area contributed by atoms with Gasteiger partial charge in [-0.25, -0.2) is 8.78 Å². The number of likely N-dealkylation sites (tertiary alicyclic amines) is 2. The van der Waals surface area contributed by atoms with Crippen LogP contribution < -0.4 is 9.80 Å². The summed E-state index contributed by atoms with van der Waals surface area (Å²) in [5.41, 5.74) is 2.05. The molecule has 4 amide bonds. The van der Waals surface area contributed by atoms with E-state index in [1.165, 1.54) is 34.1 Å². The first-order valence-corrected chi connectivity index (χ1v) is 19.1. The van der Waals surface area contributed by atoms with Crippen molar-refractivity contribution in [3.05, 3.63) is 72.3 Å². The van der Waals surface area contributed by atoms with E-state index in [-0.39, 0.29) is 35.3 Å². The Morgan fingerprint density at radius 2 is 0.750 bits per heavy atom. The van der Waals surface area contributed by atoms with Gasteiger partial charge in [-0.3, -0.25) is 38.8 Å². The molecule has 4 saturated heterocycles. The van der Waals surface area contributed by atoms with Crippen molar-refractivity contribution in [2.24, 2.45) is 35.5 Å². The summed E-state index contributed by atoms with van der Waals surface area (Å²) in [5.74, 6) is -4.28. The highest BCUT2D eigenvalue weighted by Crippen LogP contribution is 2.57. The van der Waals surface area contributed by atoms with Crippen LogP contribution in [0.25, 0.3) is 0 Å². The van der Waals surface area contributed by atoms with Crippen molar-refractivity contribution in [1.82, 2.24) is 19.6 Å². The molecule has 276 valence electrons. The van der Waals surface area contributed by atoms with E-state index in [2.05, 4.69) is 19.6 Å². The highest BCUT2D eigenvalue weighted by atomic mass is 19.1. The number of carbonyl (C=O) groups is 4. The third-order valence-corrected chi connectivity index (χ3v) is 12.5. The molecule has 9 rings (SSSR count). The third-order valence-electron chi connectivity index (χ3n) is 12.5. The normalized spacial score (nSPS) is 29.1. The molecule has 0 N–H and O–H groups in total. The SMILES string of the molecule is O=C1C2C3C=CC(C2C(=O)N1CCCCN1CCN(c2ccc(F)cc2)CC1)C1C(=O)N(CCCCN2CCN(c4ccc(F)cc4)CC2)C(=O)C31. The second kappa shape index (κ2) is 14.7. The van der Waals surface area contributed by atoms with E-state index in [4.69, 9.17) is 0 Å². The molecule has 7 aliphatic rings. The number of amides is 4. The van der Waals surface area contributed by atoms with Crippen molar-refractivity contribution < 1.29 is 28.0 Å². The summed E-state index contributed by atoms with van der Waals surface area (Å²) in [5, 5.41) is 0. The zero-order valence-electron chi connectivity index (χ0n) is 29.6. The third kappa shape index (κ3) is 6.53. The van der Waals surface area contributed by atoms with Crippen LogP contribution in [0.15, 0.2) is 60.7 Å². The van der Waals surface area contributed by atoms with Gasteiger partial charge in [-0.1, -0.05) is 12.2 Å². The lowest BCUT2D eigenvalue weighted by atomic mass is 9.54. The largest absolute Gasteiger partial charge is 0.369 e. The summed E-state index contributed by atoms with van der Waals surface area (Å²) in [6.45, 7) is 9.55. The van der Waals surface area contributed by atoms with Gasteiger partial charge in [0, 0.05) is 88.7 Å². The number of halogens is 2. The van der Waals surface area contributed by atoms with E-state index in [0.29, 0.717) is 25.9 Å². The lowest BCUT2D eigenvalue weighted by molar-refractivity contribution is -0.140. The number of anilines is 2. The molecule has 52 heavy (non-hydrogen) atoms. The van der Waals surface area contributed by atoms with Crippen molar-refractivity contribution in [3.8, 4) is 0 Å². The molecule has 12 heteroatoms. The number of unbranched alkanes of at least 4 members (excludes halogenated alkanes) is 2. The van der Waals surface area contributed by atoms with Gasteiger partial charge in [0.2, 0.25) is 23.6 Å². The number of rotatable bonds is 12. The molecule has 2 aromatic carbocycles. The Kier molecular flexibility index (Phi) is 9.86. The molecule has 4 aliphatic heterocycles.